The number of ether oxygens (including phenoxy) is 1. The summed E-state index contributed by atoms with van der Waals surface area (Å²) < 4.78 is 5.18. The minimum atomic E-state index is -0.606. The molecule has 2 N–H and O–H groups in total. The van der Waals surface area contributed by atoms with Crippen molar-refractivity contribution in [2.75, 3.05) is 7.11 Å². The molecular weight excluding hydrogens is 340 g/mol. The zero-order valence-corrected chi connectivity index (χ0v) is 16.4. The van der Waals surface area contributed by atoms with Gasteiger partial charge >= 0.3 is 0 Å². The molecule has 2 aromatic rings. The van der Waals surface area contributed by atoms with E-state index in [1.54, 1.807) is 31.4 Å². The molecule has 2 unspecified atom stereocenters. The lowest BCUT2D eigenvalue weighted by Gasteiger charge is -2.25. The van der Waals surface area contributed by atoms with Crippen LogP contribution in [0, 0.1) is 5.92 Å². The van der Waals surface area contributed by atoms with Gasteiger partial charge in [0.05, 0.1) is 13.2 Å². The molecule has 0 spiro atoms. The predicted molar refractivity (Wildman–Crippen MR) is 107 cm³/mol. The maximum atomic E-state index is 12.9. The van der Waals surface area contributed by atoms with Gasteiger partial charge in [0.2, 0.25) is 5.91 Å². The minimum Gasteiger partial charge on any atom is -0.497 e. The molecular formula is C22H28N2O3. The number of rotatable bonds is 8. The van der Waals surface area contributed by atoms with E-state index in [4.69, 9.17) is 4.74 Å². The molecule has 0 saturated heterocycles. The highest BCUT2D eigenvalue weighted by molar-refractivity contribution is 5.97. The molecule has 2 amide bonds. The number of carbonyl (C=O) groups is 2. The highest BCUT2D eigenvalue weighted by Crippen LogP contribution is 2.20. The Balaban J connectivity index is 2.09. The van der Waals surface area contributed by atoms with Gasteiger partial charge in [-0.3, -0.25) is 9.59 Å². The van der Waals surface area contributed by atoms with E-state index in [0.717, 1.165) is 17.7 Å². The van der Waals surface area contributed by atoms with Crippen molar-refractivity contribution >= 4 is 11.8 Å². The third-order valence-corrected chi connectivity index (χ3v) is 4.51. The first kappa shape index (κ1) is 20.5. The smallest absolute Gasteiger partial charge is 0.251 e. The molecule has 0 radical (unpaired) electrons. The van der Waals surface area contributed by atoms with Crippen LogP contribution in [-0.4, -0.2) is 25.0 Å². The monoisotopic (exact) mass is 368 g/mol. The number of amides is 2. The predicted octanol–water partition coefficient (Wildman–Crippen LogP) is 3.72. The highest BCUT2D eigenvalue weighted by Gasteiger charge is 2.26. The van der Waals surface area contributed by atoms with E-state index in [2.05, 4.69) is 10.6 Å². The van der Waals surface area contributed by atoms with Crippen molar-refractivity contribution < 1.29 is 14.3 Å². The second-order valence-corrected chi connectivity index (χ2v) is 6.80. The molecule has 0 aromatic heterocycles. The molecule has 0 heterocycles. The van der Waals surface area contributed by atoms with Crippen LogP contribution in [-0.2, 0) is 4.79 Å². The summed E-state index contributed by atoms with van der Waals surface area (Å²) in [4.78, 5) is 25.3. The zero-order valence-electron chi connectivity index (χ0n) is 16.4. The summed E-state index contributed by atoms with van der Waals surface area (Å²) in [5, 5.41) is 5.92. The lowest BCUT2D eigenvalue weighted by molar-refractivity contribution is -0.124. The molecule has 2 atom stereocenters. The first-order valence-electron chi connectivity index (χ1n) is 9.26. The molecule has 0 aliphatic carbocycles. The highest BCUT2D eigenvalue weighted by atomic mass is 16.5. The van der Waals surface area contributed by atoms with E-state index in [1.165, 1.54) is 0 Å². The van der Waals surface area contributed by atoms with Crippen LogP contribution in [0.15, 0.2) is 54.6 Å². The average molecular weight is 368 g/mol. The van der Waals surface area contributed by atoms with Crippen LogP contribution in [0.5, 0.6) is 5.75 Å². The second-order valence-electron chi connectivity index (χ2n) is 6.80. The lowest BCUT2D eigenvalue weighted by Crippen LogP contribution is -2.50. The molecule has 2 aromatic carbocycles. The van der Waals surface area contributed by atoms with Gasteiger partial charge in [-0.05, 0) is 42.2 Å². The molecule has 5 nitrogen and oxygen atoms in total. The molecule has 0 fully saturated rings. The number of hydrogen-bond acceptors (Lipinski definition) is 3. The Kier molecular flexibility index (Phi) is 7.41. The Labute approximate surface area is 161 Å². The minimum absolute atomic E-state index is 0.0361. The van der Waals surface area contributed by atoms with Crippen LogP contribution < -0.4 is 15.4 Å². The summed E-state index contributed by atoms with van der Waals surface area (Å²) >= 11 is 0. The average Bonchev–Trinajstić information content (AvgIpc) is 2.70. The largest absolute Gasteiger partial charge is 0.497 e. The van der Waals surface area contributed by atoms with Gasteiger partial charge in [-0.2, -0.15) is 0 Å². The SMILES string of the molecule is CCC(NC(=O)C(NC(=O)c1ccccc1)C(C)C)c1ccc(OC)cc1. The van der Waals surface area contributed by atoms with Gasteiger partial charge in [0.1, 0.15) is 11.8 Å². The van der Waals surface area contributed by atoms with E-state index in [9.17, 15) is 9.59 Å². The van der Waals surface area contributed by atoms with Crippen molar-refractivity contribution in [1.82, 2.24) is 10.6 Å². The molecule has 0 saturated carbocycles. The molecule has 0 bridgehead atoms. The van der Waals surface area contributed by atoms with Gasteiger partial charge in [0, 0.05) is 5.56 Å². The summed E-state index contributed by atoms with van der Waals surface area (Å²) in [5.41, 5.74) is 1.54. The van der Waals surface area contributed by atoms with E-state index in [1.807, 2.05) is 51.1 Å². The standard InChI is InChI=1S/C22H28N2O3/c1-5-19(16-11-13-18(27-4)14-12-16)23-22(26)20(15(2)3)24-21(25)17-9-7-6-8-10-17/h6-15,19-20H,5H2,1-4H3,(H,23,26)(H,24,25). The molecule has 27 heavy (non-hydrogen) atoms. The Bertz CT molecular complexity index is 742. The van der Waals surface area contributed by atoms with E-state index < -0.39 is 6.04 Å². The second kappa shape index (κ2) is 9.76. The van der Waals surface area contributed by atoms with Gasteiger partial charge in [0.15, 0.2) is 0 Å². The normalized spacial score (nSPS) is 12.9. The fourth-order valence-electron chi connectivity index (χ4n) is 2.87. The first-order chi connectivity index (χ1) is 13.0. The summed E-state index contributed by atoms with van der Waals surface area (Å²) in [5.74, 6) is 0.306. The van der Waals surface area contributed by atoms with Crippen molar-refractivity contribution in [3.8, 4) is 5.75 Å². The molecule has 2 rings (SSSR count). The topological polar surface area (TPSA) is 67.4 Å². The number of carbonyl (C=O) groups excluding carboxylic acids is 2. The van der Waals surface area contributed by atoms with Gasteiger partial charge in [-0.25, -0.2) is 0 Å². The number of benzene rings is 2. The Morgan fingerprint density at radius 3 is 2.11 bits per heavy atom. The third-order valence-electron chi connectivity index (χ3n) is 4.51. The fourth-order valence-corrected chi connectivity index (χ4v) is 2.87. The quantitative estimate of drug-likeness (QED) is 0.746. The Morgan fingerprint density at radius 1 is 0.963 bits per heavy atom. The molecule has 5 heteroatoms. The van der Waals surface area contributed by atoms with E-state index >= 15 is 0 Å². The summed E-state index contributed by atoms with van der Waals surface area (Å²) in [6.07, 6.45) is 0.746. The van der Waals surface area contributed by atoms with Gasteiger partial charge in [0.25, 0.3) is 5.91 Å². The summed E-state index contributed by atoms with van der Waals surface area (Å²) in [6.45, 7) is 5.86. The van der Waals surface area contributed by atoms with E-state index in [-0.39, 0.29) is 23.8 Å². The van der Waals surface area contributed by atoms with Crippen molar-refractivity contribution in [2.24, 2.45) is 5.92 Å². The van der Waals surface area contributed by atoms with Crippen LogP contribution in [0.2, 0.25) is 0 Å². The lowest BCUT2D eigenvalue weighted by atomic mass is 10.00. The van der Waals surface area contributed by atoms with Gasteiger partial charge in [-0.15, -0.1) is 0 Å². The number of nitrogens with one attached hydrogen (secondary N) is 2. The van der Waals surface area contributed by atoms with Crippen molar-refractivity contribution in [3.05, 3.63) is 65.7 Å². The number of hydrogen-bond donors (Lipinski definition) is 2. The van der Waals surface area contributed by atoms with Crippen molar-refractivity contribution in [1.29, 1.82) is 0 Å². The number of methoxy groups -OCH3 is 1. The summed E-state index contributed by atoms with van der Waals surface area (Å²) in [7, 11) is 1.62. The van der Waals surface area contributed by atoms with Crippen LogP contribution in [0.1, 0.15) is 49.2 Å². The molecule has 0 aliphatic heterocycles. The Hall–Kier alpha value is -2.82. The van der Waals surface area contributed by atoms with Crippen LogP contribution >= 0.6 is 0 Å². The van der Waals surface area contributed by atoms with E-state index in [0.29, 0.717) is 5.56 Å². The molecule has 0 aliphatic rings. The fraction of sp³-hybridized carbons (Fsp3) is 0.364. The van der Waals surface area contributed by atoms with Crippen LogP contribution in [0.4, 0.5) is 0 Å². The Morgan fingerprint density at radius 2 is 1.59 bits per heavy atom. The first-order valence-corrected chi connectivity index (χ1v) is 9.26. The zero-order chi connectivity index (χ0) is 19.8. The van der Waals surface area contributed by atoms with Crippen LogP contribution in [0.25, 0.3) is 0 Å². The maximum absolute atomic E-state index is 12.9. The third kappa shape index (κ3) is 5.58. The van der Waals surface area contributed by atoms with Crippen LogP contribution in [0.3, 0.4) is 0 Å². The van der Waals surface area contributed by atoms with Gasteiger partial charge in [-0.1, -0.05) is 51.1 Å². The van der Waals surface area contributed by atoms with Crippen molar-refractivity contribution in [2.45, 2.75) is 39.3 Å². The maximum Gasteiger partial charge on any atom is 0.251 e. The van der Waals surface area contributed by atoms with Gasteiger partial charge < -0.3 is 15.4 Å². The van der Waals surface area contributed by atoms with Crippen molar-refractivity contribution in [3.63, 3.8) is 0 Å². The summed E-state index contributed by atoms with van der Waals surface area (Å²) in [6, 6.07) is 15.8. The molecule has 144 valence electrons.